The van der Waals surface area contributed by atoms with Gasteiger partial charge in [0.05, 0.1) is 5.75 Å². The third kappa shape index (κ3) is 3.33. The molecular formula is C14H23N5OS. The van der Waals surface area contributed by atoms with E-state index in [9.17, 15) is 4.79 Å². The number of nitrogens with two attached hydrogens (primary N) is 1. The number of thioether (sulfide) groups is 1. The van der Waals surface area contributed by atoms with Gasteiger partial charge in [-0.25, -0.2) is 4.68 Å². The number of carbonyl (C=O) groups excluding carboxylic acids is 1. The number of aromatic nitrogens is 3. The third-order valence-corrected chi connectivity index (χ3v) is 5.11. The Kier molecular flexibility index (Phi) is 4.10. The van der Waals surface area contributed by atoms with Crippen LogP contribution < -0.4 is 5.84 Å². The summed E-state index contributed by atoms with van der Waals surface area (Å²) in [5.41, 5.74) is 0. The topological polar surface area (TPSA) is 77.0 Å². The minimum absolute atomic E-state index is 0.175. The Labute approximate surface area is 129 Å². The van der Waals surface area contributed by atoms with E-state index in [1.54, 1.807) is 4.68 Å². The van der Waals surface area contributed by atoms with Crippen molar-refractivity contribution in [1.29, 1.82) is 0 Å². The summed E-state index contributed by atoms with van der Waals surface area (Å²) in [7, 11) is 0. The molecule has 2 aliphatic rings. The van der Waals surface area contributed by atoms with E-state index in [2.05, 4.69) is 24.0 Å². The Bertz CT molecular complexity index is 517. The van der Waals surface area contributed by atoms with Crippen LogP contribution in [0.5, 0.6) is 0 Å². The first kappa shape index (κ1) is 14.7. The summed E-state index contributed by atoms with van der Waals surface area (Å²) in [5.74, 6) is 9.05. The van der Waals surface area contributed by atoms with Crippen LogP contribution in [0.25, 0.3) is 0 Å². The van der Waals surface area contributed by atoms with Gasteiger partial charge in [0.2, 0.25) is 11.1 Å². The quantitative estimate of drug-likeness (QED) is 0.673. The summed E-state index contributed by atoms with van der Waals surface area (Å²) in [6, 6.07) is 0. The van der Waals surface area contributed by atoms with Crippen molar-refractivity contribution in [1.82, 2.24) is 19.8 Å². The zero-order chi connectivity index (χ0) is 15.0. The Morgan fingerprint density at radius 3 is 2.57 bits per heavy atom. The maximum Gasteiger partial charge on any atom is 0.233 e. The molecule has 0 spiro atoms. The number of hydrogen-bond donors (Lipinski definition) is 1. The SMILES string of the molecule is C[C@@H]1C[C@H](C)CN(C(=O)CSc2nnc(C3CC3)n2N)C1. The molecule has 1 saturated carbocycles. The molecule has 1 aliphatic carbocycles. The molecule has 2 N–H and O–H groups in total. The van der Waals surface area contributed by atoms with Gasteiger partial charge in [0.1, 0.15) is 0 Å². The molecule has 0 unspecified atom stereocenters. The zero-order valence-corrected chi connectivity index (χ0v) is 13.5. The van der Waals surface area contributed by atoms with Crippen LogP contribution in [0.1, 0.15) is 44.9 Å². The van der Waals surface area contributed by atoms with Crippen molar-refractivity contribution >= 4 is 17.7 Å². The van der Waals surface area contributed by atoms with E-state index in [0.29, 0.717) is 28.7 Å². The summed E-state index contributed by atoms with van der Waals surface area (Å²) in [4.78, 5) is 14.3. The van der Waals surface area contributed by atoms with E-state index >= 15 is 0 Å². The van der Waals surface area contributed by atoms with Crippen LogP contribution >= 0.6 is 11.8 Å². The van der Waals surface area contributed by atoms with Gasteiger partial charge in [0, 0.05) is 19.0 Å². The average molecular weight is 309 g/mol. The molecule has 21 heavy (non-hydrogen) atoms. The number of nitrogen functional groups attached to an aromatic ring is 1. The minimum atomic E-state index is 0.175. The fourth-order valence-corrected chi connectivity index (χ4v) is 3.86. The largest absolute Gasteiger partial charge is 0.341 e. The molecule has 0 bridgehead atoms. The first-order valence-electron chi connectivity index (χ1n) is 7.65. The molecule has 2 heterocycles. The first-order valence-corrected chi connectivity index (χ1v) is 8.64. The second-order valence-electron chi connectivity index (χ2n) is 6.52. The number of nitrogens with zero attached hydrogens (tertiary/aromatic N) is 4. The molecule has 2 fully saturated rings. The Balaban J connectivity index is 1.55. The van der Waals surface area contributed by atoms with Crippen molar-refractivity contribution in [3.05, 3.63) is 5.82 Å². The monoisotopic (exact) mass is 309 g/mol. The van der Waals surface area contributed by atoms with Crippen LogP contribution in [-0.4, -0.2) is 44.5 Å². The highest BCUT2D eigenvalue weighted by molar-refractivity contribution is 7.99. The molecule has 1 aliphatic heterocycles. The number of amides is 1. The molecule has 6 nitrogen and oxygen atoms in total. The van der Waals surface area contributed by atoms with Gasteiger partial charge in [-0.05, 0) is 31.1 Å². The van der Waals surface area contributed by atoms with E-state index < -0.39 is 0 Å². The second-order valence-corrected chi connectivity index (χ2v) is 7.46. The lowest BCUT2D eigenvalue weighted by Gasteiger charge is -2.34. The summed E-state index contributed by atoms with van der Waals surface area (Å²) in [6.45, 7) is 6.15. The van der Waals surface area contributed by atoms with Gasteiger partial charge in [-0.3, -0.25) is 4.79 Å². The maximum atomic E-state index is 12.3. The van der Waals surface area contributed by atoms with Crippen molar-refractivity contribution in [3.63, 3.8) is 0 Å². The van der Waals surface area contributed by atoms with Crippen LogP contribution in [0.4, 0.5) is 0 Å². The fourth-order valence-electron chi connectivity index (χ4n) is 3.09. The molecule has 116 valence electrons. The summed E-state index contributed by atoms with van der Waals surface area (Å²) in [5, 5.41) is 8.88. The smallest absolute Gasteiger partial charge is 0.233 e. The summed E-state index contributed by atoms with van der Waals surface area (Å²) in [6.07, 6.45) is 3.49. The number of likely N-dealkylation sites (tertiary alicyclic amines) is 1. The Morgan fingerprint density at radius 2 is 1.95 bits per heavy atom. The van der Waals surface area contributed by atoms with Crippen LogP contribution in [-0.2, 0) is 4.79 Å². The molecule has 1 saturated heterocycles. The molecule has 1 aromatic rings. The van der Waals surface area contributed by atoms with Gasteiger partial charge in [-0.2, -0.15) is 0 Å². The van der Waals surface area contributed by atoms with Crippen molar-refractivity contribution < 1.29 is 4.79 Å². The van der Waals surface area contributed by atoms with Gasteiger partial charge < -0.3 is 10.7 Å². The number of hydrogen-bond acceptors (Lipinski definition) is 5. The second kappa shape index (κ2) is 5.87. The minimum Gasteiger partial charge on any atom is -0.341 e. The molecule has 1 amide bonds. The average Bonchev–Trinajstić information content (AvgIpc) is 3.20. The van der Waals surface area contributed by atoms with Gasteiger partial charge in [-0.15, -0.1) is 10.2 Å². The van der Waals surface area contributed by atoms with Crippen LogP contribution in [0.15, 0.2) is 5.16 Å². The fraction of sp³-hybridized carbons (Fsp3) is 0.786. The Morgan fingerprint density at radius 1 is 1.29 bits per heavy atom. The molecule has 7 heteroatoms. The first-order chi connectivity index (χ1) is 10.0. The van der Waals surface area contributed by atoms with Gasteiger partial charge in [-0.1, -0.05) is 25.6 Å². The van der Waals surface area contributed by atoms with Crippen LogP contribution in [0, 0.1) is 11.8 Å². The van der Waals surface area contributed by atoms with Crippen LogP contribution in [0.2, 0.25) is 0 Å². The lowest BCUT2D eigenvalue weighted by molar-refractivity contribution is -0.130. The number of rotatable bonds is 4. The normalized spacial score (nSPS) is 26.1. The van der Waals surface area contributed by atoms with Crippen molar-refractivity contribution in [2.45, 2.75) is 44.2 Å². The molecule has 0 radical (unpaired) electrons. The summed E-state index contributed by atoms with van der Waals surface area (Å²) >= 11 is 1.39. The van der Waals surface area contributed by atoms with Gasteiger partial charge in [0.25, 0.3) is 0 Å². The van der Waals surface area contributed by atoms with E-state index in [0.717, 1.165) is 31.8 Å². The van der Waals surface area contributed by atoms with Gasteiger partial charge in [0.15, 0.2) is 5.82 Å². The highest BCUT2D eigenvalue weighted by Crippen LogP contribution is 2.39. The molecular weight excluding hydrogens is 286 g/mol. The van der Waals surface area contributed by atoms with E-state index in [-0.39, 0.29) is 5.91 Å². The molecule has 0 aromatic carbocycles. The number of piperidine rings is 1. The van der Waals surface area contributed by atoms with Crippen LogP contribution in [0.3, 0.4) is 0 Å². The van der Waals surface area contributed by atoms with Crippen molar-refractivity contribution in [2.75, 3.05) is 24.7 Å². The number of carbonyl (C=O) groups is 1. The predicted octanol–water partition coefficient (Wildman–Crippen LogP) is 1.47. The van der Waals surface area contributed by atoms with E-state index in [1.807, 2.05) is 4.90 Å². The lowest BCUT2D eigenvalue weighted by Crippen LogP contribution is -2.43. The molecule has 1 aromatic heterocycles. The zero-order valence-electron chi connectivity index (χ0n) is 12.7. The summed E-state index contributed by atoms with van der Waals surface area (Å²) < 4.78 is 1.55. The van der Waals surface area contributed by atoms with Gasteiger partial charge >= 0.3 is 0 Å². The molecule has 2 atom stereocenters. The van der Waals surface area contributed by atoms with E-state index in [4.69, 9.17) is 5.84 Å². The Hall–Kier alpha value is -1.24. The van der Waals surface area contributed by atoms with Crippen molar-refractivity contribution in [2.24, 2.45) is 11.8 Å². The standard InChI is InChI=1S/C14H23N5OS/c1-9-5-10(2)7-18(6-9)12(20)8-21-14-17-16-13(19(14)15)11-3-4-11/h9-11H,3-8,15H2,1-2H3/t9-,10+. The lowest BCUT2D eigenvalue weighted by atomic mass is 9.92. The van der Waals surface area contributed by atoms with Crippen molar-refractivity contribution in [3.8, 4) is 0 Å². The third-order valence-electron chi connectivity index (χ3n) is 4.18. The highest BCUT2D eigenvalue weighted by atomic mass is 32.2. The highest BCUT2D eigenvalue weighted by Gasteiger charge is 2.30. The maximum absolute atomic E-state index is 12.3. The molecule has 3 rings (SSSR count). The van der Waals surface area contributed by atoms with E-state index in [1.165, 1.54) is 18.2 Å². The predicted molar refractivity (Wildman–Crippen MR) is 82.4 cm³/mol.